The predicted molar refractivity (Wildman–Crippen MR) is 96.9 cm³/mol. The Bertz CT molecular complexity index is 694. The molecule has 3 aliphatic rings. The second-order valence-corrected chi connectivity index (χ2v) is 9.54. The van der Waals surface area contributed by atoms with Crippen LogP contribution in [0, 0.1) is 17.3 Å². The van der Waals surface area contributed by atoms with E-state index in [1.807, 2.05) is 13.0 Å². The summed E-state index contributed by atoms with van der Waals surface area (Å²) in [6.45, 7) is 2.01. The van der Waals surface area contributed by atoms with Gasteiger partial charge in [0.25, 0.3) is 0 Å². The monoisotopic (exact) mass is 460 g/mol. The third-order valence-electron chi connectivity index (χ3n) is 6.91. The molecule has 0 bridgehead atoms. The number of benzene rings is 1. The van der Waals surface area contributed by atoms with Gasteiger partial charge in [-0.1, -0.05) is 6.92 Å². The van der Waals surface area contributed by atoms with E-state index in [1.54, 1.807) is 0 Å². The number of aliphatic hydroxyl groups excluding tert-OH is 3. The molecule has 0 heterocycles. The second-order valence-electron chi connectivity index (χ2n) is 7.89. The SMILES string of the molecule is C[C@]12CC[C@H]3c4cc(Br)c(O)c(Br)c4CC[C@H]3[C@H]1[C@H](O)[C@H](O)[C@@H]2O. The van der Waals surface area contributed by atoms with Crippen LogP contribution >= 0.6 is 31.9 Å². The third-order valence-corrected chi connectivity index (χ3v) is 8.37. The summed E-state index contributed by atoms with van der Waals surface area (Å²) in [5, 5.41) is 41.5. The van der Waals surface area contributed by atoms with Gasteiger partial charge in [-0.25, -0.2) is 0 Å². The minimum absolute atomic E-state index is 0.0965. The molecule has 0 radical (unpaired) electrons. The summed E-state index contributed by atoms with van der Waals surface area (Å²) in [7, 11) is 0. The van der Waals surface area contributed by atoms with Crippen LogP contribution in [0.4, 0.5) is 0 Å². The number of hydrogen-bond acceptors (Lipinski definition) is 4. The first-order valence-electron chi connectivity index (χ1n) is 8.51. The number of phenols is 1. The van der Waals surface area contributed by atoms with Crippen molar-refractivity contribution in [2.24, 2.45) is 17.3 Å². The summed E-state index contributed by atoms with van der Waals surface area (Å²) in [5.41, 5.74) is 1.94. The highest BCUT2D eigenvalue weighted by Crippen LogP contribution is 2.61. The van der Waals surface area contributed by atoms with E-state index in [9.17, 15) is 20.4 Å². The van der Waals surface area contributed by atoms with Gasteiger partial charge in [-0.15, -0.1) is 0 Å². The molecule has 0 amide bonds. The van der Waals surface area contributed by atoms with Crippen molar-refractivity contribution < 1.29 is 20.4 Å². The van der Waals surface area contributed by atoms with Crippen molar-refractivity contribution in [1.29, 1.82) is 0 Å². The predicted octanol–water partition coefficient (Wildman–Crippen LogP) is 3.08. The summed E-state index contributed by atoms with van der Waals surface area (Å²) in [6.07, 6.45) is 0.631. The van der Waals surface area contributed by atoms with Gasteiger partial charge in [0.05, 0.1) is 21.2 Å². The lowest BCUT2D eigenvalue weighted by Gasteiger charge is -2.50. The molecule has 3 aliphatic carbocycles. The van der Waals surface area contributed by atoms with Crippen molar-refractivity contribution in [1.82, 2.24) is 0 Å². The molecule has 24 heavy (non-hydrogen) atoms. The van der Waals surface area contributed by atoms with Gasteiger partial charge >= 0.3 is 0 Å². The zero-order chi connectivity index (χ0) is 17.4. The summed E-state index contributed by atoms with van der Waals surface area (Å²) in [6, 6.07) is 2.00. The topological polar surface area (TPSA) is 80.9 Å². The van der Waals surface area contributed by atoms with E-state index >= 15 is 0 Å². The molecule has 4 N–H and O–H groups in total. The number of aliphatic hydroxyl groups is 3. The Morgan fingerprint density at radius 3 is 2.54 bits per heavy atom. The first-order valence-corrected chi connectivity index (χ1v) is 10.1. The second kappa shape index (κ2) is 5.68. The average molecular weight is 462 g/mol. The maximum Gasteiger partial charge on any atom is 0.144 e. The van der Waals surface area contributed by atoms with Crippen LogP contribution in [0.25, 0.3) is 0 Å². The molecule has 0 aliphatic heterocycles. The number of hydrogen-bond donors (Lipinski definition) is 4. The number of halogens is 2. The van der Waals surface area contributed by atoms with E-state index in [0.717, 1.165) is 35.7 Å². The van der Waals surface area contributed by atoms with Crippen LogP contribution in [0.15, 0.2) is 15.0 Å². The molecule has 7 atom stereocenters. The minimum atomic E-state index is -1.06. The van der Waals surface area contributed by atoms with Crippen LogP contribution in [0.5, 0.6) is 5.75 Å². The van der Waals surface area contributed by atoms with Gasteiger partial charge in [0.1, 0.15) is 11.9 Å². The normalized spacial score (nSPS) is 43.9. The van der Waals surface area contributed by atoms with Crippen molar-refractivity contribution in [2.45, 2.75) is 56.8 Å². The van der Waals surface area contributed by atoms with Gasteiger partial charge in [-0.3, -0.25) is 0 Å². The average Bonchev–Trinajstić information content (AvgIpc) is 2.73. The summed E-state index contributed by atoms with van der Waals surface area (Å²) in [5.74, 6) is 0.661. The van der Waals surface area contributed by atoms with Crippen molar-refractivity contribution in [3.63, 3.8) is 0 Å². The highest BCUT2D eigenvalue weighted by Gasteiger charge is 2.62. The molecule has 0 aromatic heterocycles. The van der Waals surface area contributed by atoms with Crippen LogP contribution in [0.1, 0.15) is 43.2 Å². The van der Waals surface area contributed by atoms with Crippen LogP contribution in [-0.2, 0) is 6.42 Å². The fraction of sp³-hybridized carbons (Fsp3) is 0.667. The van der Waals surface area contributed by atoms with Gasteiger partial charge in [0, 0.05) is 5.41 Å². The summed E-state index contributed by atoms with van der Waals surface area (Å²) >= 11 is 6.95. The number of fused-ring (bicyclic) bond motifs is 5. The van der Waals surface area contributed by atoms with E-state index in [1.165, 1.54) is 5.56 Å². The highest BCUT2D eigenvalue weighted by molar-refractivity contribution is 9.11. The maximum atomic E-state index is 10.6. The number of aromatic hydroxyl groups is 1. The lowest BCUT2D eigenvalue weighted by Crippen LogP contribution is -2.46. The lowest BCUT2D eigenvalue weighted by atomic mass is 9.55. The molecule has 0 unspecified atom stereocenters. The van der Waals surface area contributed by atoms with Crippen LogP contribution in [0.2, 0.25) is 0 Å². The molecule has 1 aromatic rings. The van der Waals surface area contributed by atoms with Gasteiger partial charge in [-0.2, -0.15) is 0 Å². The van der Waals surface area contributed by atoms with Crippen LogP contribution in [-0.4, -0.2) is 38.7 Å². The molecule has 2 fully saturated rings. The Morgan fingerprint density at radius 2 is 1.83 bits per heavy atom. The van der Waals surface area contributed by atoms with Crippen molar-refractivity contribution in [2.75, 3.05) is 0 Å². The Labute approximate surface area is 158 Å². The van der Waals surface area contributed by atoms with E-state index < -0.39 is 23.7 Å². The molecule has 132 valence electrons. The molecular weight excluding hydrogens is 440 g/mol. The molecule has 4 rings (SSSR count). The first kappa shape index (κ1) is 17.3. The quantitative estimate of drug-likeness (QED) is 0.478. The van der Waals surface area contributed by atoms with E-state index in [2.05, 4.69) is 31.9 Å². The largest absolute Gasteiger partial charge is 0.506 e. The zero-order valence-electron chi connectivity index (χ0n) is 13.4. The minimum Gasteiger partial charge on any atom is -0.506 e. The Morgan fingerprint density at radius 1 is 1.12 bits per heavy atom. The van der Waals surface area contributed by atoms with Crippen LogP contribution < -0.4 is 0 Å². The van der Waals surface area contributed by atoms with Gasteiger partial charge in [0.2, 0.25) is 0 Å². The fourth-order valence-electron chi connectivity index (χ4n) is 5.69. The standard InChI is InChI=1S/C18H22Br2O4/c1-18-5-4-7-8(12(18)15(22)16(23)17(18)24)2-3-9-10(7)6-11(19)14(21)13(9)20/h6-8,12,15-17,21-24H,2-5H2,1H3/t7-,8-,12+,15+,16+,17+,18+/m1/s1. The van der Waals surface area contributed by atoms with Crippen molar-refractivity contribution in [3.05, 3.63) is 26.1 Å². The molecule has 0 spiro atoms. The summed E-state index contributed by atoms with van der Waals surface area (Å²) < 4.78 is 1.43. The molecule has 2 saturated carbocycles. The smallest absolute Gasteiger partial charge is 0.144 e. The Balaban J connectivity index is 1.79. The molecule has 6 heteroatoms. The zero-order valence-corrected chi connectivity index (χ0v) is 16.6. The molecule has 0 saturated heterocycles. The lowest BCUT2D eigenvalue weighted by molar-refractivity contribution is -0.0505. The Kier molecular flexibility index (Phi) is 4.09. The first-order chi connectivity index (χ1) is 11.3. The van der Waals surface area contributed by atoms with Crippen LogP contribution in [0.3, 0.4) is 0 Å². The van der Waals surface area contributed by atoms with Crippen molar-refractivity contribution >= 4 is 31.9 Å². The highest BCUT2D eigenvalue weighted by atomic mass is 79.9. The van der Waals surface area contributed by atoms with Gasteiger partial charge < -0.3 is 20.4 Å². The molecule has 4 nitrogen and oxygen atoms in total. The van der Waals surface area contributed by atoms with E-state index in [-0.39, 0.29) is 23.5 Å². The van der Waals surface area contributed by atoms with Gasteiger partial charge in [-0.05, 0) is 92.5 Å². The number of phenolic OH excluding ortho intramolecular Hbond substituents is 1. The number of rotatable bonds is 0. The van der Waals surface area contributed by atoms with Crippen molar-refractivity contribution in [3.8, 4) is 5.75 Å². The molecule has 1 aromatic carbocycles. The fourth-order valence-corrected chi connectivity index (χ4v) is 7.05. The third kappa shape index (κ3) is 2.13. The maximum absolute atomic E-state index is 10.6. The summed E-state index contributed by atoms with van der Waals surface area (Å²) in [4.78, 5) is 0. The Hall–Kier alpha value is -0.140. The van der Waals surface area contributed by atoms with Gasteiger partial charge in [0.15, 0.2) is 0 Å². The van der Waals surface area contributed by atoms with E-state index in [0.29, 0.717) is 4.47 Å². The van der Waals surface area contributed by atoms with E-state index in [4.69, 9.17) is 0 Å². The molecular formula is C18H22Br2O4.